The summed E-state index contributed by atoms with van der Waals surface area (Å²) in [6.45, 7) is 7.61. The summed E-state index contributed by atoms with van der Waals surface area (Å²) >= 11 is 1.50. The largest absolute Gasteiger partial charge is 0.416 e. The lowest BCUT2D eigenvalue weighted by molar-refractivity contribution is -0.137. The van der Waals surface area contributed by atoms with Crippen molar-refractivity contribution in [3.05, 3.63) is 70.2 Å². The molecule has 4 rings (SSSR count). The number of rotatable bonds is 8. The molecule has 0 saturated carbocycles. The van der Waals surface area contributed by atoms with Gasteiger partial charge in [0, 0.05) is 33.8 Å². The fourth-order valence-electron chi connectivity index (χ4n) is 4.60. The standard InChI is InChI=1S/C27H30F3N3OS3/c1-26(2,37-35-3)17-33-13-11-18(12-14-33)25-32-23(16-36-25)24(34)31-22-10-5-4-9-21(22)19-7-6-8-20(15-19)27(28,29)30/h4-10,15-16,18H,11-14,17H2,1-3H3,(H,31,34). The van der Waals surface area contributed by atoms with Gasteiger partial charge in [-0.25, -0.2) is 4.98 Å². The van der Waals surface area contributed by atoms with Crippen LogP contribution in [0, 0.1) is 0 Å². The molecule has 2 heterocycles. The number of anilines is 1. The van der Waals surface area contributed by atoms with Crippen LogP contribution in [0.1, 0.15) is 53.7 Å². The van der Waals surface area contributed by atoms with Crippen LogP contribution in [0.5, 0.6) is 0 Å². The number of amides is 1. The van der Waals surface area contributed by atoms with E-state index in [1.807, 2.05) is 10.8 Å². The molecule has 1 saturated heterocycles. The van der Waals surface area contributed by atoms with E-state index in [0.717, 1.165) is 49.6 Å². The Hall–Kier alpha value is -2.01. The van der Waals surface area contributed by atoms with Gasteiger partial charge in [0.05, 0.1) is 10.6 Å². The summed E-state index contributed by atoms with van der Waals surface area (Å²) in [5, 5.41) is 5.59. The molecule has 1 aromatic heterocycles. The molecule has 1 N–H and O–H groups in total. The maximum absolute atomic E-state index is 13.2. The predicted octanol–water partition coefficient (Wildman–Crippen LogP) is 8.05. The summed E-state index contributed by atoms with van der Waals surface area (Å²) in [6, 6.07) is 12.0. The Morgan fingerprint density at radius 2 is 1.86 bits per heavy atom. The average molecular weight is 566 g/mol. The zero-order valence-electron chi connectivity index (χ0n) is 21.0. The van der Waals surface area contributed by atoms with Gasteiger partial charge < -0.3 is 10.2 Å². The number of hydrogen-bond donors (Lipinski definition) is 1. The molecule has 2 aromatic carbocycles. The molecule has 1 aliphatic rings. The van der Waals surface area contributed by atoms with Crippen molar-refractivity contribution in [1.82, 2.24) is 9.88 Å². The van der Waals surface area contributed by atoms with Gasteiger partial charge in [0.25, 0.3) is 5.91 Å². The summed E-state index contributed by atoms with van der Waals surface area (Å²) in [5.41, 5.74) is 0.954. The number of thiazole rings is 1. The number of nitrogens with zero attached hydrogens (tertiary/aromatic N) is 2. The van der Waals surface area contributed by atoms with E-state index >= 15 is 0 Å². The number of nitrogens with one attached hydrogen (secondary N) is 1. The highest BCUT2D eigenvalue weighted by molar-refractivity contribution is 8.76. The fraction of sp³-hybridized carbons (Fsp3) is 0.407. The van der Waals surface area contributed by atoms with Crippen molar-refractivity contribution in [2.24, 2.45) is 0 Å². The number of piperidine rings is 1. The van der Waals surface area contributed by atoms with Crippen LogP contribution in [0.2, 0.25) is 0 Å². The van der Waals surface area contributed by atoms with Gasteiger partial charge in [-0.15, -0.1) is 11.3 Å². The molecule has 3 aromatic rings. The molecule has 0 atom stereocenters. The smallest absolute Gasteiger partial charge is 0.320 e. The van der Waals surface area contributed by atoms with Crippen LogP contribution >= 0.6 is 32.9 Å². The number of likely N-dealkylation sites (tertiary alicyclic amines) is 1. The van der Waals surface area contributed by atoms with Crippen LogP contribution in [0.15, 0.2) is 53.9 Å². The van der Waals surface area contributed by atoms with Crippen LogP contribution in [0.4, 0.5) is 18.9 Å². The zero-order chi connectivity index (χ0) is 26.6. The van der Waals surface area contributed by atoms with Gasteiger partial charge >= 0.3 is 6.18 Å². The minimum Gasteiger partial charge on any atom is -0.320 e. The Bertz CT molecular complexity index is 1220. The molecule has 4 nitrogen and oxygen atoms in total. The van der Waals surface area contributed by atoms with Gasteiger partial charge in [-0.1, -0.05) is 51.9 Å². The number of halogens is 3. The van der Waals surface area contributed by atoms with Gasteiger partial charge in [-0.2, -0.15) is 13.2 Å². The van der Waals surface area contributed by atoms with Crippen LogP contribution in [0.3, 0.4) is 0 Å². The first-order valence-electron chi connectivity index (χ1n) is 12.0. The summed E-state index contributed by atoms with van der Waals surface area (Å²) in [6.07, 6.45) is -0.316. The van der Waals surface area contributed by atoms with Gasteiger partial charge in [0.2, 0.25) is 0 Å². The summed E-state index contributed by atoms with van der Waals surface area (Å²) in [5.74, 6) is -0.0355. The summed E-state index contributed by atoms with van der Waals surface area (Å²) in [4.78, 5) is 20.2. The molecule has 198 valence electrons. The van der Waals surface area contributed by atoms with Crippen molar-refractivity contribution < 1.29 is 18.0 Å². The lowest BCUT2D eigenvalue weighted by Gasteiger charge is -2.36. The van der Waals surface area contributed by atoms with E-state index < -0.39 is 11.7 Å². The quantitative estimate of drug-likeness (QED) is 0.280. The average Bonchev–Trinajstić information content (AvgIpc) is 3.35. The highest BCUT2D eigenvalue weighted by atomic mass is 33.1. The Morgan fingerprint density at radius 1 is 1.14 bits per heavy atom. The Labute approximate surface area is 227 Å². The maximum Gasteiger partial charge on any atom is 0.416 e. The molecule has 0 spiro atoms. The first kappa shape index (κ1) is 28.0. The molecule has 0 bridgehead atoms. The molecular formula is C27H30F3N3OS3. The molecule has 1 fully saturated rings. The van der Waals surface area contributed by atoms with E-state index in [0.29, 0.717) is 28.4 Å². The third-order valence-electron chi connectivity index (χ3n) is 6.28. The lowest BCUT2D eigenvalue weighted by Crippen LogP contribution is -2.40. The highest BCUT2D eigenvalue weighted by Gasteiger charge is 2.31. The number of carbonyl (C=O) groups is 1. The number of carbonyl (C=O) groups excluding carboxylic acids is 1. The molecule has 1 amide bonds. The molecule has 37 heavy (non-hydrogen) atoms. The van der Waals surface area contributed by atoms with E-state index in [-0.39, 0.29) is 10.7 Å². The van der Waals surface area contributed by atoms with Crippen LogP contribution < -0.4 is 5.32 Å². The Kier molecular flexibility index (Phi) is 8.93. The first-order chi connectivity index (χ1) is 17.6. The zero-order valence-corrected chi connectivity index (χ0v) is 23.4. The second-order valence-electron chi connectivity index (χ2n) is 9.71. The van der Waals surface area contributed by atoms with Gasteiger partial charge in [-0.05, 0) is 69.8 Å². The van der Waals surface area contributed by atoms with Gasteiger partial charge in [-0.3, -0.25) is 4.79 Å². The summed E-state index contributed by atoms with van der Waals surface area (Å²) in [7, 11) is 3.70. The number of hydrogen-bond acceptors (Lipinski definition) is 6. The van der Waals surface area contributed by atoms with Crippen LogP contribution in [0.25, 0.3) is 11.1 Å². The van der Waals surface area contributed by atoms with Gasteiger partial charge in [0.1, 0.15) is 5.69 Å². The third kappa shape index (κ3) is 7.31. The molecule has 0 aliphatic carbocycles. The topological polar surface area (TPSA) is 45.2 Å². The number of para-hydroxylation sites is 1. The summed E-state index contributed by atoms with van der Waals surface area (Å²) < 4.78 is 39.8. The minimum absolute atomic E-state index is 0.197. The Morgan fingerprint density at radius 3 is 2.57 bits per heavy atom. The monoisotopic (exact) mass is 565 g/mol. The lowest BCUT2D eigenvalue weighted by atomic mass is 9.97. The second kappa shape index (κ2) is 11.8. The first-order valence-corrected chi connectivity index (χ1v) is 15.5. The minimum atomic E-state index is -4.44. The number of benzene rings is 2. The van der Waals surface area contributed by atoms with Crippen molar-refractivity contribution in [3.8, 4) is 11.1 Å². The molecule has 1 aliphatic heterocycles. The fourth-order valence-corrected chi connectivity index (χ4v) is 7.77. The Balaban J connectivity index is 1.42. The normalized spacial score (nSPS) is 15.6. The van der Waals surface area contributed by atoms with E-state index in [9.17, 15) is 18.0 Å². The predicted molar refractivity (Wildman–Crippen MR) is 151 cm³/mol. The SMILES string of the molecule is CSSC(C)(C)CN1CCC(c2nc(C(=O)Nc3ccccc3-c3cccc(C(F)(F)F)c3)cs2)CC1. The molecule has 10 heteroatoms. The van der Waals surface area contributed by atoms with Crippen molar-refractivity contribution in [2.45, 2.75) is 43.5 Å². The maximum atomic E-state index is 13.2. The molecular weight excluding hydrogens is 536 g/mol. The van der Waals surface area contributed by atoms with Crippen molar-refractivity contribution in [3.63, 3.8) is 0 Å². The van der Waals surface area contributed by atoms with Crippen LogP contribution in [-0.4, -0.2) is 46.4 Å². The molecule has 0 unspecified atom stereocenters. The number of aromatic nitrogens is 1. The van der Waals surface area contributed by atoms with E-state index in [1.54, 1.807) is 46.5 Å². The van der Waals surface area contributed by atoms with E-state index in [4.69, 9.17) is 0 Å². The van der Waals surface area contributed by atoms with E-state index in [1.165, 1.54) is 17.4 Å². The second-order valence-corrected chi connectivity index (χ2v) is 13.7. The van der Waals surface area contributed by atoms with Crippen LogP contribution in [-0.2, 0) is 6.18 Å². The van der Waals surface area contributed by atoms with Crippen molar-refractivity contribution in [1.29, 1.82) is 0 Å². The molecule has 0 radical (unpaired) electrons. The van der Waals surface area contributed by atoms with Gasteiger partial charge in [0.15, 0.2) is 0 Å². The third-order valence-corrected chi connectivity index (χ3v) is 9.89. The van der Waals surface area contributed by atoms with Crippen molar-refractivity contribution >= 4 is 44.5 Å². The van der Waals surface area contributed by atoms with Crippen molar-refractivity contribution in [2.75, 3.05) is 31.2 Å². The highest BCUT2D eigenvalue weighted by Crippen LogP contribution is 2.37. The number of alkyl halides is 3. The van der Waals surface area contributed by atoms with E-state index in [2.05, 4.69) is 35.3 Å².